The Morgan fingerprint density at radius 3 is 1.79 bits per heavy atom. The van der Waals surface area contributed by atoms with E-state index in [1.807, 2.05) is 11.3 Å². The summed E-state index contributed by atoms with van der Waals surface area (Å²) in [7, 11) is 0. The van der Waals surface area contributed by atoms with E-state index in [9.17, 15) is 0 Å². The van der Waals surface area contributed by atoms with Crippen LogP contribution in [-0.4, -0.2) is 4.98 Å². The number of para-hydroxylation sites is 1. The molecule has 0 spiro atoms. The number of thiazole rings is 1. The van der Waals surface area contributed by atoms with E-state index in [2.05, 4.69) is 211 Å². The van der Waals surface area contributed by atoms with Gasteiger partial charge in [-0.2, -0.15) is 0 Å². The van der Waals surface area contributed by atoms with Crippen LogP contribution in [-0.2, 0) is 0 Å². The maximum absolute atomic E-state index is 5.05. The Morgan fingerprint density at radius 2 is 1.00 bits per heavy atom. The minimum atomic E-state index is 1.06. The standard InChI is InChI=1S/C53H34N2S2/c1-4-13-37(14-5-1)46-34-44(27-28-45(46)41-21-20-35-12-10-11-17-39(35)32-41)55(42-18-8-3-9-19-42)43-25-22-36(23-26-43)40-24-30-49-47(33-40)51-50(56-49)31-29-48-52(51)57-53(54-48)38-15-6-2-7-16-38/h1-34H. The van der Waals surface area contributed by atoms with Gasteiger partial charge in [-0.3, -0.25) is 0 Å². The molecule has 9 aromatic carbocycles. The highest BCUT2D eigenvalue weighted by Gasteiger charge is 2.18. The lowest BCUT2D eigenvalue weighted by Gasteiger charge is -2.27. The van der Waals surface area contributed by atoms with Gasteiger partial charge in [-0.15, -0.1) is 22.7 Å². The Kier molecular flexibility index (Phi) is 8.24. The molecular weight excluding hydrogens is 729 g/mol. The number of rotatable bonds is 7. The molecule has 0 aliphatic rings. The van der Waals surface area contributed by atoms with Crippen LogP contribution >= 0.6 is 22.7 Å². The topological polar surface area (TPSA) is 16.1 Å². The fraction of sp³-hybridized carbons (Fsp3) is 0. The van der Waals surface area contributed by atoms with E-state index in [0.29, 0.717) is 0 Å². The lowest BCUT2D eigenvalue weighted by Crippen LogP contribution is -2.10. The van der Waals surface area contributed by atoms with Crippen molar-refractivity contribution in [3.63, 3.8) is 0 Å². The van der Waals surface area contributed by atoms with Gasteiger partial charge in [0.25, 0.3) is 0 Å². The smallest absolute Gasteiger partial charge is 0.124 e. The summed E-state index contributed by atoms with van der Waals surface area (Å²) in [5.74, 6) is 0. The number of hydrogen-bond acceptors (Lipinski definition) is 4. The number of benzene rings is 9. The monoisotopic (exact) mass is 762 g/mol. The fourth-order valence-electron chi connectivity index (χ4n) is 8.09. The molecule has 0 amide bonds. The molecule has 0 saturated carbocycles. The van der Waals surface area contributed by atoms with Crippen molar-refractivity contribution in [2.45, 2.75) is 0 Å². The van der Waals surface area contributed by atoms with Crippen molar-refractivity contribution in [1.82, 2.24) is 4.98 Å². The first kappa shape index (κ1) is 33.5. The van der Waals surface area contributed by atoms with Gasteiger partial charge in [0.15, 0.2) is 0 Å². The molecule has 0 radical (unpaired) electrons. The summed E-state index contributed by atoms with van der Waals surface area (Å²) in [4.78, 5) is 7.41. The number of thiophene rings is 1. The van der Waals surface area contributed by atoms with Crippen LogP contribution in [0.25, 0.3) is 85.1 Å². The van der Waals surface area contributed by atoms with E-state index in [-0.39, 0.29) is 0 Å². The Morgan fingerprint density at radius 1 is 0.368 bits per heavy atom. The Labute approximate surface area is 339 Å². The van der Waals surface area contributed by atoms with Crippen molar-refractivity contribution >= 4 is 80.9 Å². The van der Waals surface area contributed by atoms with Crippen molar-refractivity contribution in [2.75, 3.05) is 4.90 Å². The summed E-state index contributed by atoms with van der Waals surface area (Å²) in [6, 6.07) is 74.6. The first-order valence-corrected chi connectivity index (χ1v) is 20.8. The molecule has 0 N–H and O–H groups in total. The Hall–Kier alpha value is -6.85. The van der Waals surface area contributed by atoms with Gasteiger partial charge in [0, 0.05) is 42.8 Å². The number of aromatic nitrogens is 1. The molecule has 57 heavy (non-hydrogen) atoms. The summed E-state index contributed by atoms with van der Waals surface area (Å²) < 4.78 is 3.85. The van der Waals surface area contributed by atoms with Crippen molar-refractivity contribution in [2.24, 2.45) is 0 Å². The first-order valence-electron chi connectivity index (χ1n) is 19.2. The largest absolute Gasteiger partial charge is 0.310 e. The van der Waals surface area contributed by atoms with Gasteiger partial charge < -0.3 is 4.90 Å². The van der Waals surface area contributed by atoms with Crippen LogP contribution in [0.5, 0.6) is 0 Å². The highest BCUT2D eigenvalue weighted by Crippen LogP contribution is 2.45. The zero-order valence-electron chi connectivity index (χ0n) is 30.8. The molecule has 0 bridgehead atoms. The minimum absolute atomic E-state index is 1.06. The van der Waals surface area contributed by atoms with E-state index in [1.165, 1.54) is 69.0 Å². The third kappa shape index (κ3) is 6.07. The predicted octanol–water partition coefficient (Wildman–Crippen LogP) is 16.0. The van der Waals surface area contributed by atoms with Crippen LogP contribution in [0.2, 0.25) is 0 Å². The zero-order chi connectivity index (χ0) is 37.7. The quantitative estimate of drug-likeness (QED) is 0.161. The van der Waals surface area contributed by atoms with Crippen LogP contribution in [0.4, 0.5) is 17.1 Å². The average molecular weight is 763 g/mol. The van der Waals surface area contributed by atoms with Gasteiger partial charge in [-0.25, -0.2) is 4.98 Å². The molecule has 0 saturated heterocycles. The van der Waals surface area contributed by atoms with Crippen LogP contribution in [0.1, 0.15) is 0 Å². The molecule has 268 valence electrons. The van der Waals surface area contributed by atoms with Crippen molar-refractivity contribution in [3.05, 3.63) is 206 Å². The molecule has 2 aromatic heterocycles. The summed E-state index contributed by atoms with van der Waals surface area (Å²) in [6.45, 7) is 0. The third-order valence-electron chi connectivity index (χ3n) is 10.9. The molecule has 2 nitrogen and oxygen atoms in total. The Bertz CT molecular complexity index is 3220. The maximum atomic E-state index is 5.05. The summed E-state index contributed by atoms with van der Waals surface area (Å²) in [5.41, 5.74) is 12.7. The number of anilines is 3. The lowest BCUT2D eigenvalue weighted by atomic mass is 9.92. The van der Waals surface area contributed by atoms with E-state index in [4.69, 9.17) is 4.98 Å². The fourth-order valence-corrected chi connectivity index (χ4v) is 10.4. The van der Waals surface area contributed by atoms with Crippen LogP contribution in [0.15, 0.2) is 206 Å². The first-order chi connectivity index (χ1) is 28.2. The van der Waals surface area contributed by atoms with E-state index >= 15 is 0 Å². The summed E-state index contributed by atoms with van der Waals surface area (Å²) >= 11 is 3.65. The molecule has 4 heteroatoms. The van der Waals surface area contributed by atoms with Crippen LogP contribution in [0.3, 0.4) is 0 Å². The van der Waals surface area contributed by atoms with E-state index in [1.54, 1.807) is 11.3 Å². The summed E-state index contributed by atoms with van der Waals surface area (Å²) in [5, 5.41) is 6.14. The molecule has 11 aromatic rings. The van der Waals surface area contributed by atoms with Gasteiger partial charge in [0.05, 0.1) is 10.2 Å². The summed E-state index contributed by atoms with van der Waals surface area (Å²) in [6.07, 6.45) is 0. The van der Waals surface area contributed by atoms with E-state index < -0.39 is 0 Å². The number of hydrogen-bond donors (Lipinski definition) is 0. The second-order valence-electron chi connectivity index (χ2n) is 14.4. The van der Waals surface area contributed by atoms with Gasteiger partial charge >= 0.3 is 0 Å². The van der Waals surface area contributed by atoms with E-state index in [0.717, 1.165) is 33.1 Å². The number of fused-ring (bicyclic) bond motifs is 6. The molecule has 0 atom stereocenters. The van der Waals surface area contributed by atoms with Gasteiger partial charge in [-0.05, 0) is 111 Å². The zero-order valence-corrected chi connectivity index (χ0v) is 32.5. The Balaban J connectivity index is 1.00. The lowest BCUT2D eigenvalue weighted by molar-refractivity contribution is 1.28. The predicted molar refractivity (Wildman–Crippen MR) is 246 cm³/mol. The van der Waals surface area contributed by atoms with Crippen LogP contribution in [0, 0.1) is 0 Å². The second-order valence-corrected chi connectivity index (χ2v) is 16.4. The molecule has 0 unspecified atom stereocenters. The minimum Gasteiger partial charge on any atom is -0.310 e. The second kappa shape index (κ2) is 14.0. The third-order valence-corrected chi connectivity index (χ3v) is 13.2. The molecular formula is C53H34N2S2. The highest BCUT2D eigenvalue weighted by atomic mass is 32.1. The molecule has 2 heterocycles. The molecule has 0 fully saturated rings. The van der Waals surface area contributed by atoms with Crippen molar-refractivity contribution in [1.29, 1.82) is 0 Å². The normalized spacial score (nSPS) is 11.5. The maximum Gasteiger partial charge on any atom is 0.124 e. The van der Waals surface area contributed by atoms with Crippen molar-refractivity contribution in [3.8, 4) is 44.0 Å². The van der Waals surface area contributed by atoms with Crippen molar-refractivity contribution < 1.29 is 0 Å². The molecule has 11 rings (SSSR count). The van der Waals surface area contributed by atoms with Crippen LogP contribution < -0.4 is 4.90 Å². The van der Waals surface area contributed by atoms with Gasteiger partial charge in [-0.1, -0.05) is 140 Å². The molecule has 0 aliphatic heterocycles. The highest BCUT2D eigenvalue weighted by molar-refractivity contribution is 7.28. The number of nitrogens with zero attached hydrogens (tertiary/aromatic N) is 2. The molecule has 0 aliphatic carbocycles. The van der Waals surface area contributed by atoms with Gasteiger partial charge in [0.2, 0.25) is 0 Å². The SMILES string of the molecule is c1ccc(-c2nc3ccc4sc5ccc(-c6ccc(N(c7ccccc7)c7ccc(-c8ccc9ccccc9c8)c(-c8ccccc8)c7)cc6)cc5c4c3s2)cc1. The average Bonchev–Trinajstić information content (AvgIpc) is 3.89. The van der Waals surface area contributed by atoms with Gasteiger partial charge in [0.1, 0.15) is 5.01 Å².